The van der Waals surface area contributed by atoms with E-state index in [4.69, 9.17) is 9.47 Å². The van der Waals surface area contributed by atoms with Crippen molar-refractivity contribution >= 4 is 15.9 Å². The van der Waals surface area contributed by atoms with Gasteiger partial charge in [-0.1, -0.05) is 28.1 Å². The van der Waals surface area contributed by atoms with Crippen LogP contribution in [0.4, 0.5) is 0 Å². The number of alkyl halides is 1. The minimum atomic E-state index is 0.355. The minimum Gasteiger partial charge on any atom is -0.493 e. The maximum absolute atomic E-state index is 5.90. The Hall–Kier alpha value is -1.49. The maximum atomic E-state index is 5.90. The lowest BCUT2D eigenvalue weighted by atomic mass is 10.2. The van der Waals surface area contributed by atoms with Gasteiger partial charge in [-0.15, -0.1) is 0 Å². The van der Waals surface area contributed by atoms with E-state index in [9.17, 15) is 0 Å². The van der Waals surface area contributed by atoms with Crippen molar-refractivity contribution in [2.24, 2.45) is 0 Å². The molecule has 20 heavy (non-hydrogen) atoms. The van der Waals surface area contributed by atoms with Crippen LogP contribution in [0, 0.1) is 0 Å². The maximum Gasteiger partial charge on any atom is 0.165 e. The second-order valence-electron chi connectivity index (χ2n) is 4.75. The lowest BCUT2D eigenvalue weighted by molar-refractivity contribution is 0.276. The molecule has 0 spiro atoms. The summed E-state index contributed by atoms with van der Waals surface area (Å²) in [6.45, 7) is 4.63. The average molecular weight is 339 g/mol. The normalized spacial score (nSPS) is 10.8. The Balaban J connectivity index is 2.13. The highest BCUT2D eigenvalue weighted by Crippen LogP contribution is 2.32. The molecule has 0 aliphatic heterocycles. The smallest absolute Gasteiger partial charge is 0.165 e. The predicted molar refractivity (Wildman–Crippen MR) is 82.6 cm³/mol. The largest absolute Gasteiger partial charge is 0.493 e. The first-order valence-corrected chi connectivity index (χ1v) is 7.66. The molecule has 1 heterocycles. The molecule has 0 saturated carbocycles. The minimum absolute atomic E-state index is 0.355. The zero-order chi connectivity index (χ0) is 14.5. The molecular weight excluding hydrogens is 320 g/mol. The fourth-order valence-electron chi connectivity index (χ4n) is 1.88. The molecule has 0 fully saturated rings. The highest BCUT2D eigenvalue weighted by atomic mass is 79.9. The van der Waals surface area contributed by atoms with Gasteiger partial charge in [0.25, 0.3) is 0 Å². The van der Waals surface area contributed by atoms with Gasteiger partial charge in [0.15, 0.2) is 11.5 Å². The van der Waals surface area contributed by atoms with Gasteiger partial charge in [-0.2, -0.15) is 5.10 Å². The Morgan fingerprint density at radius 1 is 1.30 bits per heavy atom. The standard InChI is InChI=1S/C15H19BrN2O2/c1-11(2)18-8-7-13(17-18)10-20-15-12(9-16)5-4-6-14(15)19-3/h4-8,11H,9-10H2,1-3H3. The van der Waals surface area contributed by atoms with Crippen LogP contribution in [-0.4, -0.2) is 16.9 Å². The van der Waals surface area contributed by atoms with E-state index in [2.05, 4.69) is 34.9 Å². The molecule has 0 atom stereocenters. The molecule has 0 N–H and O–H groups in total. The summed E-state index contributed by atoms with van der Waals surface area (Å²) in [5.41, 5.74) is 1.97. The van der Waals surface area contributed by atoms with Crippen LogP contribution in [0.15, 0.2) is 30.5 Å². The van der Waals surface area contributed by atoms with E-state index >= 15 is 0 Å². The lowest BCUT2D eigenvalue weighted by Crippen LogP contribution is -2.04. The van der Waals surface area contributed by atoms with Crippen molar-refractivity contribution in [2.75, 3.05) is 7.11 Å². The van der Waals surface area contributed by atoms with Crippen LogP contribution < -0.4 is 9.47 Å². The van der Waals surface area contributed by atoms with Crippen LogP contribution in [-0.2, 0) is 11.9 Å². The number of nitrogens with zero attached hydrogens (tertiary/aromatic N) is 2. The van der Waals surface area contributed by atoms with Gasteiger partial charge in [0.1, 0.15) is 6.61 Å². The zero-order valence-corrected chi connectivity index (χ0v) is 13.6. The second kappa shape index (κ2) is 6.79. The van der Waals surface area contributed by atoms with Gasteiger partial charge in [0.05, 0.1) is 12.8 Å². The quantitative estimate of drug-likeness (QED) is 0.748. The third-order valence-electron chi connectivity index (χ3n) is 2.98. The van der Waals surface area contributed by atoms with Crippen LogP contribution in [0.5, 0.6) is 11.5 Å². The summed E-state index contributed by atoms with van der Waals surface area (Å²) >= 11 is 3.47. The molecule has 4 nitrogen and oxygen atoms in total. The third-order valence-corrected chi connectivity index (χ3v) is 3.59. The van der Waals surface area contributed by atoms with Gasteiger partial charge in [0.2, 0.25) is 0 Å². The Kier molecular flexibility index (Phi) is 5.06. The van der Waals surface area contributed by atoms with Gasteiger partial charge >= 0.3 is 0 Å². The average Bonchev–Trinajstić information content (AvgIpc) is 2.93. The lowest BCUT2D eigenvalue weighted by Gasteiger charge is -2.13. The van der Waals surface area contributed by atoms with Crippen LogP contribution in [0.1, 0.15) is 31.1 Å². The number of hydrogen-bond donors (Lipinski definition) is 0. The zero-order valence-electron chi connectivity index (χ0n) is 12.0. The van der Waals surface area contributed by atoms with Crippen molar-refractivity contribution in [3.63, 3.8) is 0 Å². The van der Waals surface area contributed by atoms with E-state index in [1.54, 1.807) is 7.11 Å². The van der Waals surface area contributed by atoms with E-state index in [-0.39, 0.29) is 0 Å². The first-order chi connectivity index (χ1) is 9.65. The van der Waals surface area contributed by atoms with Crippen molar-refractivity contribution in [3.8, 4) is 11.5 Å². The van der Waals surface area contributed by atoms with Gasteiger partial charge in [0, 0.05) is 23.1 Å². The summed E-state index contributed by atoms with van der Waals surface area (Å²) in [5, 5.41) is 5.20. The molecule has 1 aromatic carbocycles. The summed E-state index contributed by atoms with van der Waals surface area (Å²) in [6, 6.07) is 8.19. The van der Waals surface area contributed by atoms with Gasteiger partial charge in [-0.05, 0) is 26.0 Å². The first kappa shape index (κ1) is 14.9. The monoisotopic (exact) mass is 338 g/mol. The SMILES string of the molecule is COc1cccc(CBr)c1OCc1ccn(C(C)C)n1. The molecule has 5 heteroatoms. The highest BCUT2D eigenvalue weighted by molar-refractivity contribution is 9.08. The van der Waals surface area contributed by atoms with Gasteiger partial charge in [-0.25, -0.2) is 0 Å². The number of benzene rings is 1. The molecule has 0 aliphatic carbocycles. The van der Waals surface area contributed by atoms with Crippen LogP contribution in [0.25, 0.3) is 0 Å². The number of hydrogen-bond acceptors (Lipinski definition) is 3. The molecule has 2 rings (SSSR count). The molecule has 1 aromatic heterocycles. The summed E-state index contributed by atoms with van der Waals surface area (Å²) in [4.78, 5) is 0. The van der Waals surface area contributed by atoms with E-state index in [0.717, 1.165) is 28.1 Å². The topological polar surface area (TPSA) is 36.3 Å². The summed E-state index contributed by atoms with van der Waals surface area (Å²) < 4.78 is 13.2. The number of halogens is 1. The highest BCUT2D eigenvalue weighted by Gasteiger charge is 2.11. The van der Waals surface area contributed by atoms with Crippen LogP contribution >= 0.6 is 15.9 Å². The van der Waals surface area contributed by atoms with Crippen molar-refractivity contribution < 1.29 is 9.47 Å². The van der Waals surface area contributed by atoms with Crippen molar-refractivity contribution in [1.29, 1.82) is 0 Å². The molecule has 0 bridgehead atoms. The fourth-order valence-corrected chi connectivity index (χ4v) is 2.32. The number of aromatic nitrogens is 2. The first-order valence-electron chi connectivity index (χ1n) is 6.54. The predicted octanol–water partition coefficient (Wildman–Crippen LogP) is 3.95. The van der Waals surface area contributed by atoms with Gasteiger partial charge < -0.3 is 9.47 Å². The molecule has 0 saturated heterocycles. The Morgan fingerprint density at radius 3 is 2.70 bits per heavy atom. The number of ether oxygens (including phenoxy) is 2. The summed E-state index contributed by atoms with van der Waals surface area (Å²) in [7, 11) is 1.65. The molecule has 0 unspecified atom stereocenters. The Labute approximate surface area is 127 Å². The summed E-state index contributed by atoms with van der Waals surface area (Å²) in [5.74, 6) is 1.51. The van der Waals surface area contributed by atoms with E-state index in [1.165, 1.54) is 0 Å². The molecule has 108 valence electrons. The van der Waals surface area contributed by atoms with Crippen molar-refractivity contribution in [2.45, 2.75) is 31.8 Å². The molecule has 0 aliphatic rings. The third kappa shape index (κ3) is 3.33. The molecule has 0 radical (unpaired) electrons. The van der Waals surface area contributed by atoms with E-state index < -0.39 is 0 Å². The van der Waals surface area contributed by atoms with Crippen molar-refractivity contribution in [3.05, 3.63) is 41.7 Å². The second-order valence-corrected chi connectivity index (χ2v) is 5.31. The molecular formula is C15H19BrN2O2. The van der Waals surface area contributed by atoms with Crippen LogP contribution in [0.3, 0.4) is 0 Å². The Bertz CT molecular complexity index is 545. The Morgan fingerprint density at radius 2 is 2.10 bits per heavy atom. The van der Waals surface area contributed by atoms with E-state index in [0.29, 0.717) is 12.6 Å². The molecule has 0 amide bonds. The van der Waals surface area contributed by atoms with Gasteiger partial charge in [-0.3, -0.25) is 4.68 Å². The van der Waals surface area contributed by atoms with E-state index in [1.807, 2.05) is 35.1 Å². The fraction of sp³-hybridized carbons (Fsp3) is 0.400. The summed E-state index contributed by atoms with van der Waals surface area (Å²) in [6.07, 6.45) is 1.97. The van der Waals surface area contributed by atoms with Crippen molar-refractivity contribution in [1.82, 2.24) is 9.78 Å². The molecule has 2 aromatic rings. The number of methoxy groups -OCH3 is 1. The van der Waals surface area contributed by atoms with Crippen LogP contribution in [0.2, 0.25) is 0 Å². The number of rotatable bonds is 6. The number of para-hydroxylation sites is 1.